The van der Waals surface area contributed by atoms with Crippen LogP contribution in [-0.2, 0) is 20.2 Å². The van der Waals surface area contributed by atoms with Crippen molar-refractivity contribution in [2.24, 2.45) is 0 Å². The van der Waals surface area contributed by atoms with Crippen LogP contribution in [0.1, 0.15) is 0 Å². The van der Waals surface area contributed by atoms with E-state index < -0.39 is 30.0 Å². The summed E-state index contributed by atoms with van der Waals surface area (Å²) in [5.41, 5.74) is 0. The Kier molecular flexibility index (Phi) is 8.78. The first-order chi connectivity index (χ1) is 8.19. The Morgan fingerprint density at radius 2 is 1.35 bits per heavy atom. The summed E-state index contributed by atoms with van der Waals surface area (Å²) in [6, 6.07) is 7.85. The first-order valence-electron chi connectivity index (χ1n) is 4.67. The van der Waals surface area contributed by atoms with Gasteiger partial charge in [-0.1, -0.05) is 24.3 Å². The van der Waals surface area contributed by atoms with Crippen molar-refractivity contribution in [3.8, 4) is 0 Å². The molecule has 0 bridgehead atoms. The van der Waals surface area contributed by atoms with Crippen molar-refractivity contribution in [2.75, 3.05) is 0 Å². The Balaban J connectivity index is 0.00000180. The number of benzene rings is 2. The van der Waals surface area contributed by atoms with Gasteiger partial charge >= 0.3 is 103 Å². The van der Waals surface area contributed by atoms with Crippen LogP contribution >= 0.6 is 0 Å². The molecule has 0 aliphatic carbocycles. The molecule has 20 heavy (non-hydrogen) atoms. The van der Waals surface area contributed by atoms with Crippen LogP contribution < -0.4 is 0 Å². The molecule has 0 saturated carbocycles. The van der Waals surface area contributed by atoms with Gasteiger partial charge in [0.1, 0.15) is 4.90 Å². The van der Waals surface area contributed by atoms with Crippen LogP contribution in [0.3, 0.4) is 0 Å². The van der Waals surface area contributed by atoms with E-state index in [4.69, 9.17) is 9.11 Å². The Morgan fingerprint density at radius 1 is 0.800 bits per heavy atom. The molecule has 0 saturated heterocycles. The van der Waals surface area contributed by atoms with E-state index in [1.54, 1.807) is 12.1 Å². The maximum atomic E-state index is 11.2. The van der Waals surface area contributed by atoms with Crippen LogP contribution in [0, 0.1) is 0 Å². The molecule has 0 fully saturated rings. The number of hydrogen-bond acceptors (Lipinski definition) is 4. The van der Waals surface area contributed by atoms with Gasteiger partial charge in [-0.25, -0.2) is 0 Å². The topological polar surface area (TPSA) is 109 Å². The molecule has 0 atom stereocenters. The third-order valence-corrected chi connectivity index (χ3v) is 4.10. The predicted molar refractivity (Wildman–Crippen MR) is 77.9 cm³/mol. The quantitative estimate of drug-likeness (QED) is 0.572. The molecule has 2 aromatic carbocycles. The minimum absolute atomic E-state index is 0. The van der Waals surface area contributed by atoms with Crippen molar-refractivity contribution in [3.63, 3.8) is 0 Å². The second-order valence-corrected chi connectivity index (χ2v) is 6.40. The third-order valence-electron chi connectivity index (χ3n) is 2.37. The van der Waals surface area contributed by atoms with Crippen LogP contribution in [0.15, 0.2) is 46.2 Å². The molecule has 0 aliphatic rings. The monoisotopic (exact) mass is 368 g/mol. The fraction of sp³-hybridized carbons (Fsp3) is 0. The molecule has 6 nitrogen and oxygen atoms in total. The van der Waals surface area contributed by atoms with Crippen LogP contribution in [0.4, 0.5) is 0 Å². The van der Waals surface area contributed by atoms with Gasteiger partial charge in [0.2, 0.25) is 0 Å². The van der Waals surface area contributed by atoms with E-state index in [2.05, 4.69) is 0 Å². The fourth-order valence-corrected chi connectivity index (χ4v) is 2.97. The van der Waals surface area contributed by atoms with Gasteiger partial charge in [0.05, 0.1) is 4.90 Å². The summed E-state index contributed by atoms with van der Waals surface area (Å²) in [4.78, 5) is -1.15. The molecular weight excluding hydrogens is 358 g/mol. The number of fused-ring (bicyclic) bond motifs is 1. The van der Waals surface area contributed by atoms with E-state index in [1.807, 2.05) is 0 Å². The molecular formula is C10H10K2O6S2. The molecule has 0 unspecified atom stereocenters. The molecule has 2 rings (SSSR count). The van der Waals surface area contributed by atoms with Crippen molar-refractivity contribution in [1.29, 1.82) is 0 Å². The normalized spacial score (nSPS) is 11.5. The van der Waals surface area contributed by atoms with Gasteiger partial charge in [-0.2, -0.15) is 16.8 Å². The van der Waals surface area contributed by atoms with Crippen LogP contribution in [0.5, 0.6) is 0 Å². The zero-order valence-electron chi connectivity index (χ0n) is 8.81. The van der Waals surface area contributed by atoms with Crippen LogP contribution in [0.25, 0.3) is 10.8 Å². The first kappa shape index (κ1) is 21.8. The molecule has 0 aliphatic heterocycles. The van der Waals surface area contributed by atoms with E-state index in [0.29, 0.717) is 6.07 Å². The second-order valence-electron chi connectivity index (χ2n) is 3.59. The summed E-state index contributed by atoms with van der Waals surface area (Å²) in [7, 11) is -9.14. The standard InChI is InChI=1S/C10H8O6S2.2K.2H/c11-17(12,13)8-5-7-3-1-2-4-9(7)10(6-8)18(14,15)16;;;;/h1-6H,(H,11,12,13)(H,14,15,16);;;;. The predicted octanol–water partition coefficient (Wildman–Crippen LogP) is 0.0362. The van der Waals surface area contributed by atoms with Crippen molar-refractivity contribution in [3.05, 3.63) is 36.4 Å². The molecule has 0 radical (unpaired) electrons. The molecule has 0 aromatic heterocycles. The summed E-state index contributed by atoms with van der Waals surface area (Å²) < 4.78 is 62.5. The molecule has 0 spiro atoms. The molecule has 100 valence electrons. The van der Waals surface area contributed by atoms with Gasteiger partial charge in [-0.15, -0.1) is 0 Å². The maximum absolute atomic E-state index is 11.2. The first-order valence-corrected chi connectivity index (χ1v) is 7.55. The van der Waals surface area contributed by atoms with Gasteiger partial charge in [0, 0.05) is 5.39 Å². The minimum atomic E-state index is -4.59. The van der Waals surface area contributed by atoms with Crippen molar-refractivity contribution >= 4 is 134 Å². The zero-order valence-corrected chi connectivity index (χ0v) is 10.4. The van der Waals surface area contributed by atoms with E-state index in [1.165, 1.54) is 12.1 Å². The molecule has 2 N–H and O–H groups in total. The van der Waals surface area contributed by atoms with Crippen LogP contribution in [0.2, 0.25) is 0 Å². The van der Waals surface area contributed by atoms with Gasteiger partial charge in [-0.3, -0.25) is 9.11 Å². The average molecular weight is 369 g/mol. The van der Waals surface area contributed by atoms with E-state index >= 15 is 0 Å². The van der Waals surface area contributed by atoms with Gasteiger partial charge < -0.3 is 0 Å². The Hall–Kier alpha value is 1.79. The third kappa shape index (κ3) is 5.16. The van der Waals surface area contributed by atoms with Gasteiger partial charge in [0.25, 0.3) is 20.2 Å². The summed E-state index contributed by atoms with van der Waals surface area (Å²) in [5, 5.41) is 0.452. The SMILES string of the molecule is O=S(=O)(O)c1cc(S(=O)(=O)O)c2ccccc2c1.[KH].[KH]. The second kappa shape index (κ2) is 8.06. The van der Waals surface area contributed by atoms with Gasteiger partial charge in [0.15, 0.2) is 0 Å². The number of hydrogen-bond donors (Lipinski definition) is 2. The van der Waals surface area contributed by atoms with E-state index in [-0.39, 0.29) is 114 Å². The van der Waals surface area contributed by atoms with E-state index in [9.17, 15) is 16.8 Å². The summed E-state index contributed by atoms with van der Waals surface area (Å²) in [6.45, 7) is 0. The van der Waals surface area contributed by atoms with E-state index in [0.717, 1.165) is 6.07 Å². The molecule has 2 aromatic rings. The fourth-order valence-electron chi connectivity index (χ4n) is 1.61. The van der Waals surface area contributed by atoms with Crippen LogP contribution in [-0.4, -0.2) is 129 Å². The van der Waals surface area contributed by atoms with Crippen molar-refractivity contribution < 1.29 is 25.9 Å². The molecule has 0 heterocycles. The van der Waals surface area contributed by atoms with Gasteiger partial charge in [-0.05, 0) is 17.5 Å². The summed E-state index contributed by atoms with van der Waals surface area (Å²) in [6.07, 6.45) is 0. The Bertz CT molecular complexity index is 830. The number of rotatable bonds is 2. The molecule has 0 amide bonds. The van der Waals surface area contributed by atoms with Crippen molar-refractivity contribution in [1.82, 2.24) is 0 Å². The zero-order chi connectivity index (χ0) is 13.6. The summed E-state index contributed by atoms with van der Waals surface area (Å²) >= 11 is 0. The average Bonchev–Trinajstić information content (AvgIpc) is 2.25. The Morgan fingerprint density at radius 3 is 1.85 bits per heavy atom. The van der Waals surface area contributed by atoms with Crippen molar-refractivity contribution in [2.45, 2.75) is 9.79 Å². The summed E-state index contributed by atoms with van der Waals surface area (Å²) in [5.74, 6) is 0. The Labute approximate surface area is 201 Å². The molecule has 10 heteroatoms.